The molecule has 1 heterocycles. The zero-order valence-electron chi connectivity index (χ0n) is 16.0. The largest absolute Gasteiger partial charge is 0.497 e. The van der Waals surface area contributed by atoms with Crippen LogP contribution in [0.4, 0.5) is 5.69 Å². The molecular weight excluding hydrogens is 348 g/mol. The number of nitriles is 1. The van der Waals surface area contributed by atoms with E-state index in [4.69, 9.17) is 9.47 Å². The number of hydrogen-bond acceptors (Lipinski definition) is 4. The Morgan fingerprint density at radius 2 is 1.46 bits per heavy atom. The van der Waals surface area contributed by atoms with E-state index in [2.05, 4.69) is 35.7 Å². The fraction of sp³-hybridized carbons (Fsp3) is 0.208. The standard InChI is InChI=1S/C24H22N2O2/c1-27-19-8-4-17(5-9-19)22-15-26-23-12-3-16(14-25)13-21(23)24(22)18-6-10-20(28-2)11-7-18/h3-13,22,24,26H,15H2,1-2H3. The highest BCUT2D eigenvalue weighted by molar-refractivity contribution is 5.62. The number of anilines is 1. The number of rotatable bonds is 4. The molecule has 2 atom stereocenters. The van der Waals surface area contributed by atoms with Crippen molar-refractivity contribution < 1.29 is 9.47 Å². The van der Waals surface area contributed by atoms with Crippen LogP contribution >= 0.6 is 0 Å². The molecule has 0 amide bonds. The van der Waals surface area contributed by atoms with Crippen LogP contribution < -0.4 is 14.8 Å². The van der Waals surface area contributed by atoms with Gasteiger partial charge >= 0.3 is 0 Å². The number of benzene rings is 3. The van der Waals surface area contributed by atoms with Gasteiger partial charge < -0.3 is 14.8 Å². The molecule has 1 N–H and O–H groups in total. The van der Waals surface area contributed by atoms with Crippen LogP contribution in [0.1, 0.15) is 34.1 Å². The number of fused-ring (bicyclic) bond motifs is 1. The second-order valence-corrected chi connectivity index (χ2v) is 6.93. The zero-order chi connectivity index (χ0) is 19.5. The summed E-state index contributed by atoms with van der Waals surface area (Å²) >= 11 is 0. The van der Waals surface area contributed by atoms with Crippen LogP contribution in [0, 0.1) is 11.3 Å². The zero-order valence-corrected chi connectivity index (χ0v) is 16.0. The number of methoxy groups -OCH3 is 2. The maximum absolute atomic E-state index is 9.40. The first-order chi connectivity index (χ1) is 13.7. The molecule has 0 saturated heterocycles. The van der Waals surface area contributed by atoms with Gasteiger partial charge in [-0.25, -0.2) is 0 Å². The van der Waals surface area contributed by atoms with Gasteiger partial charge in [-0.2, -0.15) is 5.26 Å². The Hall–Kier alpha value is -3.45. The maximum atomic E-state index is 9.40. The van der Waals surface area contributed by atoms with Crippen molar-refractivity contribution in [1.82, 2.24) is 0 Å². The van der Waals surface area contributed by atoms with Crippen LogP contribution in [0.15, 0.2) is 66.7 Å². The number of nitrogens with one attached hydrogen (secondary N) is 1. The van der Waals surface area contributed by atoms with Gasteiger partial charge in [-0.1, -0.05) is 24.3 Å². The van der Waals surface area contributed by atoms with Crippen molar-refractivity contribution in [3.05, 3.63) is 89.0 Å². The predicted molar refractivity (Wildman–Crippen MR) is 110 cm³/mol. The Kier molecular flexibility index (Phi) is 4.90. The third kappa shape index (κ3) is 3.27. The summed E-state index contributed by atoms with van der Waals surface area (Å²) in [6.07, 6.45) is 0. The predicted octanol–water partition coefficient (Wildman–Crippen LogP) is 4.92. The van der Waals surface area contributed by atoms with Crippen molar-refractivity contribution in [2.75, 3.05) is 26.1 Å². The summed E-state index contributed by atoms with van der Waals surface area (Å²) in [6, 6.07) is 24.6. The van der Waals surface area contributed by atoms with Gasteiger partial charge in [0.05, 0.1) is 25.9 Å². The lowest BCUT2D eigenvalue weighted by Gasteiger charge is -2.35. The summed E-state index contributed by atoms with van der Waals surface area (Å²) in [4.78, 5) is 0. The lowest BCUT2D eigenvalue weighted by atomic mass is 9.74. The minimum atomic E-state index is 0.142. The topological polar surface area (TPSA) is 54.3 Å². The average molecular weight is 370 g/mol. The van der Waals surface area contributed by atoms with Crippen molar-refractivity contribution in [3.8, 4) is 17.6 Å². The van der Waals surface area contributed by atoms with Crippen molar-refractivity contribution in [1.29, 1.82) is 5.26 Å². The van der Waals surface area contributed by atoms with Gasteiger partial charge in [0, 0.05) is 24.1 Å². The van der Waals surface area contributed by atoms with Crippen LogP contribution in [-0.4, -0.2) is 20.8 Å². The van der Waals surface area contributed by atoms with E-state index in [-0.39, 0.29) is 11.8 Å². The summed E-state index contributed by atoms with van der Waals surface area (Å²) in [7, 11) is 3.35. The summed E-state index contributed by atoms with van der Waals surface area (Å²) in [5.74, 6) is 2.06. The molecule has 0 fully saturated rings. The van der Waals surface area contributed by atoms with E-state index in [0.29, 0.717) is 5.56 Å². The van der Waals surface area contributed by atoms with Crippen molar-refractivity contribution >= 4 is 5.69 Å². The molecule has 3 aromatic rings. The SMILES string of the molecule is COc1ccc(C2CNc3ccc(C#N)cc3C2c2ccc(OC)cc2)cc1. The summed E-state index contributed by atoms with van der Waals surface area (Å²) in [6.45, 7) is 0.821. The van der Waals surface area contributed by atoms with Crippen LogP contribution in [0.25, 0.3) is 0 Å². The van der Waals surface area contributed by atoms with E-state index in [1.165, 1.54) is 11.1 Å². The Morgan fingerprint density at radius 3 is 2.04 bits per heavy atom. The highest BCUT2D eigenvalue weighted by atomic mass is 16.5. The van der Waals surface area contributed by atoms with Crippen molar-refractivity contribution in [2.24, 2.45) is 0 Å². The van der Waals surface area contributed by atoms with Gasteiger partial charge in [0.1, 0.15) is 11.5 Å². The smallest absolute Gasteiger partial charge is 0.118 e. The number of ether oxygens (including phenoxy) is 2. The first-order valence-corrected chi connectivity index (χ1v) is 9.29. The molecule has 1 aliphatic rings. The van der Waals surface area contributed by atoms with E-state index < -0.39 is 0 Å². The average Bonchev–Trinajstić information content (AvgIpc) is 2.78. The van der Waals surface area contributed by atoms with E-state index in [9.17, 15) is 5.26 Å². The van der Waals surface area contributed by atoms with Crippen LogP contribution in [0.5, 0.6) is 11.5 Å². The molecule has 28 heavy (non-hydrogen) atoms. The second kappa shape index (κ2) is 7.66. The molecule has 4 rings (SSSR count). The molecular formula is C24H22N2O2. The summed E-state index contributed by atoms with van der Waals surface area (Å²) in [5, 5.41) is 13.0. The second-order valence-electron chi connectivity index (χ2n) is 6.93. The van der Waals surface area contributed by atoms with E-state index in [0.717, 1.165) is 29.3 Å². The number of nitrogens with zero attached hydrogens (tertiary/aromatic N) is 1. The van der Waals surface area contributed by atoms with Crippen LogP contribution in [0.2, 0.25) is 0 Å². The minimum absolute atomic E-state index is 0.142. The molecule has 140 valence electrons. The van der Waals surface area contributed by atoms with E-state index in [1.807, 2.05) is 42.5 Å². The molecule has 0 spiro atoms. The molecule has 0 aliphatic carbocycles. The molecule has 2 unspecified atom stereocenters. The third-order valence-electron chi connectivity index (χ3n) is 5.45. The molecule has 0 saturated carbocycles. The van der Waals surface area contributed by atoms with E-state index >= 15 is 0 Å². The molecule has 0 aromatic heterocycles. The Bertz CT molecular complexity index is 1000. The molecule has 0 bridgehead atoms. The van der Waals surface area contributed by atoms with E-state index in [1.54, 1.807) is 14.2 Å². The Morgan fingerprint density at radius 1 is 0.857 bits per heavy atom. The highest BCUT2D eigenvalue weighted by Crippen LogP contribution is 2.45. The third-order valence-corrected chi connectivity index (χ3v) is 5.45. The minimum Gasteiger partial charge on any atom is -0.497 e. The van der Waals surface area contributed by atoms with Crippen molar-refractivity contribution in [2.45, 2.75) is 11.8 Å². The van der Waals surface area contributed by atoms with Gasteiger partial charge in [-0.3, -0.25) is 0 Å². The molecule has 4 heteroatoms. The normalized spacial score (nSPS) is 17.8. The molecule has 4 nitrogen and oxygen atoms in total. The van der Waals surface area contributed by atoms with Gasteiger partial charge in [0.15, 0.2) is 0 Å². The molecule has 0 radical (unpaired) electrons. The number of hydrogen-bond donors (Lipinski definition) is 1. The summed E-state index contributed by atoms with van der Waals surface area (Å²) in [5.41, 5.74) is 5.36. The Balaban J connectivity index is 1.83. The lowest BCUT2D eigenvalue weighted by Crippen LogP contribution is -2.27. The fourth-order valence-electron chi connectivity index (χ4n) is 3.99. The van der Waals surface area contributed by atoms with Crippen LogP contribution in [0.3, 0.4) is 0 Å². The van der Waals surface area contributed by atoms with Crippen LogP contribution in [-0.2, 0) is 0 Å². The Labute approximate surface area is 165 Å². The monoisotopic (exact) mass is 370 g/mol. The van der Waals surface area contributed by atoms with Gasteiger partial charge in [-0.05, 0) is 59.2 Å². The first kappa shape index (κ1) is 17.9. The van der Waals surface area contributed by atoms with Gasteiger partial charge in [-0.15, -0.1) is 0 Å². The maximum Gasteiger partial charge on any atom is 0.118 e. The van der Waals surface area contributed by atoms with Crippen molar-refractivity contribution in [3.63, 3.8) is 0 Å². The lowest BCUT2D eigenvalue weighted by molar-refractivity contribution is 0.414. The highest BCUT2D eigenvalue weighted by Gasteiger charge is 2.32. The quantitative estimate of drug-likeness (QED) is 0.708. The summed E-state index contributed by atoms with van der Waals surface area (Å²) < 4.78 is 10.6. The fourth-order valence-corrected chi connectivity index (χ4v) is 3.99. The van der Waals surface area contributed by atoms with Gasteiger partial charge in [0.25, 0.3) is 0 Å². The molecule has 3 aromatic carbocycles. The van der Waals surface area contributed by atoms with Gasteiger partial charge in [0.2, 0.25) is 0 Å². The first-order valence-electron chi connectivity index (χ1n) is 9.29. The molecule has 1 aliphatic heterocycles.